The van der Waals surface area contributed by atoms with Crippen molar-refractivity contribution in [1.82, 2.24) is 4.90 Å². The van der Waals surface area contributed by atoms with Crippen molar-refractivity contribution in [2.24, 2.45) is 11.3 Å². The molecule has 16 heavy (non-hydrogen) atoms. The van der Waals surface area contributed by atoms with Gasteiger partial charge >= 0.3 is 0 Å². The van der Waals surface area contributed by atoms with Crippen molar-refractivity contribution in [3.05, 3.63) is 0 Å². The summed E-state index contributed by atoms with van der Waals surface area (Å²) < 4.78 is 0. The minimum absolute atomic E-state index is 0.252. The summed E-state index contributed by atoms with van der Waals surface area (Å²) in [6, 6.07) is 0. The van der Waals surface area contributed by atoms with Crippen LogP contribution in [0.1, 0.15) is 59.8 Å². The topological polar surface area (TPSA) is 20.3 Å². The molecule has 0 unspecified atom stereocenters. The van der Waals surface area contributed by atoms with Gasteiger partial charge in [-0.1, -0.05) is 20.8 Å². The first-order valence-electron chi connectivity index (χ1n) is 6.63. The second-order valence-corrected chi connectivity index (χ2v) is 6.82. The monoisotopic (exact) mass is 223 g/mol. The Labute approximate surface area is 99.4 Å². The molecule has 1 saturated carbocycles. The average molecular weight is 223 g/mol. The van der Waals surface area contributed by atoms with Gasteiger partial charge in [0, 0.05) is 19.0 Å². The largest absolute Gasteiger partial charge is 0.337 e. The van der Waals surface area contributed by atoms with Crippen LogP contribution in [-0.2, 0) is 4.79 Å². The van der Waals surface area contributed by atoms with Crippen LogP contribution < -0.4 is 0 Å². The number of nitrogens with zero attached hydrogens (tertiary/aromatic N) is 1. The number of likely N-dealkylation sites (tertiary alicyclic amines) is 1. The zero-order valence-electron chi connectivity index (χ0n) is 11.2. The Morgan fingerprint density at radius 1 is 1.25 bits per heavy atom. The fourth-order valence-corrected chi connectivity index (χ4v) is 3.48. The van der Waals surface area contributed by atoms with E-state index in [1.807, 2.05) is 0 Å². The molecule has 0 radical (unpaired) electrons. The minimum Gasteiger partial charge on any atom is -0.337 e. The highest BCUT2D eigenvalue weighted by atomic mass is 16.2. The second-order valence-electron chi connectivity index (χ2n) is 6.82. The molecule has 1 spiro atoms. The number of hydrogen-bond donors (Lipinski definition) is 0. The first kappa shape index (κ1) is 11.9. The molecular weight excluding hydrogens is 198 g/mol. The Hall–Kier alpha value is -0.530. The SMILES string of the molecule is CC(=O)N1CCCCC12CC(C(C)(C)C)C2. The van der Waals surface area contributed by atoms with E-state index in [2.05, 4.69) is 25.7 Å². The lowest BCUT2D eigenvalue weighted by molar-refractivity contribution is -0.150. The molecule has 2 rings (SSSR count). The van der Waals surface area contributed by atoms with Gasteiger partial charge in [0.15, 0.2) is 0 Å². The van der Waals surface area contributed by atoms with Gasteiger partial charge < -0.3 is 4.90 Å². The number of carbonyl (C=O) groups is 1. The molecule has 1 heterocycles. The van der Waals surface area contributed by atoms with Crippen LogP contribution in [0, 0.1) is 11.3 Å². The van der Waals surface area contributed by atoms with E-state index in [1.54, 1.807) is 6.92 Å². The summed E-state index contributed by atoms with van der Waals surface area (Å²) in [5.74, 6) is 1.08. The Morgan fingerprint density at radius 3 is 2.38 bits per heavy atom. The Balaban J connectivity index is 2.06. The molecule has 1 saturated heterocycles. The lowest BCUT2D eigenvalue weighted by Gasteiger charge is -2.59. The van der Waals surface area contributed by atoms with E-state index in [0.717, 1.165) is 12.5 Å². The molecule has 0 bridgehead atoms. The van der Waals surface area contributed by atoms with Gasteiger partial charge in [0.05, 0.1) is 0 Å². The van der Waals surface area contributed by atoms with Crippen LogP contribution in [-0.4, -0.2) is 22.9 Å². The van der Waals surface area contributed by atoms with Crippen LogP contribution in [0.4, 0.5) is 0 Å². The van der Waals surface area contributed by atoms with E-state index in [9.17, 15) is 4.79 Å². The van der Waals surface area contributed by atoms with Crippen molar-refractivity contribution in [2.45, 2.75) is 65.3 Å². The van der Waals surface area contributed by atoms with Gasteiger partial charge in [-0.25, -0.2) is 0 Å². The number of hydrogen-bond acceptors (Lipinski definition) is 1. The lowest BCUT2D eigenvalue weighted by atomic mass is 9.56. The molecule has 2 aliphatic rings. The second kappa shape index (κ2) is 3.75. The van der Waals surface area contributed by atoms with E-state index in [4.69, 9.17) is 0 Å². The van der Waals surface area contributed by atoms with Crippen molar-refractivity contribution in [3.63, 3.8) is 0 Å². The Kier molecular flexibility index (Phi) is 2.80. The Bertz CT molecular complexity index is 284. The van der Waals surface area contributed by atoms with E-state index in [0.29, 0.717) is 5.41 Å². The summed E-state index contributed by atoms with van der Waals surface area (Å²) in [5.41, 5.74) is 0.660. The number of rotatable bonds is 0. The summed E-state index contributed by atoms with van der Waals surface area (Å²) in [4.78, 5) is 13.9. The average Bonchev–Trinajstić information content (AvgIpc) is 2.12. The van der Waals surface area contributed by atoms with Gasteiger partial charge in [-0.3, -0.25) is 4.79 Å². The van der Waals surface area contributed by atoms with Gasteiger partial charge in [-0.05, 0) is 43.4 Å². The number of carbonyl (C=O) groups excluding carboxylic acids is 1. The molecule has 2 fully saturated rings. The highest BCUT2D eigenvalue weighted by Crippen LogP contribution is 2.54. The van der Waals surface area contributed by atoms with E-state index < -0.39 is 0 Å². The number of amides is 1. The van der Waals surface area contributed by atoms with E-state index >= 15 is 0 Å². The summed E-state index contributed by atoms with van der Waals surface area (Å²) in [6.07, 6.45) is 6.20. The van der Waals surface area contributed by atoms with Gasteiger partial charge in [0.25, 0.3) is 0 Å². The summed E-state index contributed by atoms with van der Waals surface area (Å²) in [5, 5.41) is 0. The van der Waals surface area contributed by atoms with E-state index in [1.165, 1.54) is 32.1 Å². The zero-order chi connectivity index (χ0) is 12.0. The van der Waals surface area contributed by atoms with Gasteiger partial charge in [-0.15, -0.1) is 0 Å². The van der Waals surface area contributed by atoms with Gasteiger partial charge in [0.2, 0.25) is 5.91 Å². The molecule has 1 amide bonds. The van der Waals surface area contributed by atoms with Crippen LogP contribution in [0.3, 0.4) is 0 Å². The summed E-state index contributed by atoms with van der Waals surface area (Å²) in [6.45, 7) is 9.70. The van der Waals surface area contributed by atoms with Gasteiger partial charge in [0.1, 0.15) is 0 Å². The molecule has 0 aromatic heterocycles. The molecule has 1 aliphatic heterocycles. The van der Waals surface area contributed by atoms with E-state index in [-0.39, 0.29) is 11.4 Å². The third-order valence-electron chi connectivity index (χ3n) is 4.70. The van der Waals surface area contributed by atoms with Crippen molar-refractivity contribution < 1.29 is 4.79 Å². The first-order chi connectivity index (χ1) is 7.35. The molecule has 2 nitrogen and oxygen atoms in total. The minimum atomic E-state index is 0.252. The Morgan fingerprint density at radius 2 is 1.88 bits per heavy atom. The van der Waals surface area contributed by atoms with Crippen molar-refractivity contribution in [1.29, 1.82) is 0 Å². The predicted octanol–water partition coefficient (Wildman–Crippen LogP) is 3.21. The lowest BCUT2D eigenvalue weighted by Crippen LogP contribution is -2.62. The maximum absolute atomic E-state index is 11.7. The zero-order valence-corrected chi connectivity index (χ0v) is 11.2. The molecule has 0 aromatic rings. The molecular formula is C14H25NO. The van der Waals surface area contributed by atoms with Crippen LogP contribution in [0.25, 0.3) is 0 Å². The molecule has 0 atom stereocenters. The van der Waals surface area contributed by atoms with Crippen LogP contribution >= 0.6 is 0 Å². The molecule has 2 heteroatoms. The van der Waals surface area contributed by atoms with Crippen LogP contribution in [0.5, 0.6) is 0 Å². The third-order valence-corrected chi connectivity index (χ3v) is 4.70. The number of piperidine rings is 1. The molecule has 1 aliphatic carbocycles. The maximum atomic E-state index is 11.7. The smallest absolute Gasteiger partial charge is 0.219 e. The standard InChI is InChI=1S/C14H25NO/c1-11(16)15-8-6-5-7-14(15)9-12(10-14)13(2,3)4/h12H,5-10H2,1-4H3. The highest BCUT2D eigenvalue weighted by Gasteiger charge is 2.53. The van der Waals surface area contributed by atoms with Crippen molar-refractivity contribution in [3.8, 4) is 0 Å². The van der Waals surface area contributed by atoms with Crippen LogP contribution in [0.2, 0.25) is 0 Å². The molecule has 92 valence electrons. The first-order valence-corrected chi connectivity index (χ1v) is 6.63. The molecule has 0 N–H and O–H groups in total. The third kappa shape index (κ3) is 1.87. The normalized spacial score (nSPS) is 35.0. The fraction of sp³-hybridized carbons (Fsp3) is 0.929. The maximum Gasteiger partial charge on any atom is 0.219 e. The fourth-order valence-electron chi connectivity index (χ4n) is 3.48. The predicted molar refractivity (Wildman–Crippen MR) is 66.1 cm³/mol. The van der Waals surface area contributed by atoms with Crippen molar-refractivity contribution >= 4 is 5.91 Å². The molecule has 0 aromatic carbocycles. The van der Waals surface area contributed by atoms with Gasteiger partial charge in [-0.2, -0.15) is 0 Å². The quantitative estimate of drug-likeness (QED) is 0.617. The van der Waals surface area contributed by atoms with Crippen LogP contribution in [0.15, 0.2) is 0 Å². The van der Waals surface area contributed by atoms with Crippen molar-refractivity contribution in [2.75, 3.05) is 6.54 Å². The summed E-state index contributed by atoms with van der Waals surface area (Å²) in [7, 11) is 0. The highest BCUT2D eigenvalue weighted by molar-refractivity contribution is 5.74. The summed E-state index contributed by atoms with van der Waals surface area (Å²) >= 11 is 0.